The number of aromatic nitrogens is 1. The van der Waals surface area contributed by atoms with Gasteiger partial charge in [-0.1, -0.05) is 0 Å². The lowest BCUT2D eigenvalue weighted by atomic mass is 10.4. The maximum Gasteiger partial charge on any atom is 0.573 e. The topological polar surface area (TPSA) is 99.4 Å². The highest BCUT2D eigenvalue weighted by Gasteiger charge is 2.38. The number of nitro groups is 1. The van der Waals surface area contributed by atoms with Gasteiger partial charge in [0.2, 0.25) is 4.90 Å². The van der Waals surface area contributed by atoms with Gasteiger partial charge in [0.25, 0.3) is 9.05 Å². The lowest BCUT2D eigenvalue weighted by molar-refractivity contribution is -0.390. The summed E-state index contributed by atoms with van der Waals surface area (Å²) in [6, 6.07) is -0.00810. The molecule has 106 valence electrons. The van der Waals surface area contributed by atoms with E-state index >= 15 is 0 Å². The highest BCUT2D eigenvalue weighted by atomic mass is 35.7. The molecule has 0 radical (unpaired) electrons. The largest absolute Gasteiger partial charge is 0.573 e. The molecule has 0 bridgehead atoms. The Kier molecular flexibility index (Phi) is 3.86. The van der Waals surface area contributed by atoms with E-state index in [-0.39, 0.29) is 6.07 Å². The number of rotatable bonds is 3. The third kappa shape index (κ3) is 3.89. The first kappa shape index (κ1) is 15.4. The predicted octanol–water partition coefficient (Wildman–Crippen LogP) is 1.96. The minimum Gasteiger partial charge on any atom is -0.404 e. The highest BCUT2D eigenvalue weighted by molar-refractivity contribution is 8.13. The zero-order valence-electron chi connectivity index (χ0n) is 8.31. The minimum absolute atomic E-state index is 0.00810. The third-order valence-corrected chi connectivity index (χ3v) is 2.86. The van der Waals surface area contributed by atoms with Gasteiger partial charge in [-0.2, -0.15) is 4.39 Å². The molecule has 19 heavy (non-hydrogen) atoms. The smallest absolute Gasteiger partial charge is 0.404 e. The number of hydrogen-bond donors (Lipinski definition) is 0. The van der Waals surface area contributed by atoms with E-state index in [9.17, 15) is 36.1 Å². The van der Waals surface area contributed by atoms with E-state index < -0.39 is 42.7 Å². The monoisotopic (exact) mass is 324 g/mol. The van der Waals surface area contributed by atoms with Gasteiger partial charge in [0, 0.05) is 10.7 Å². The Morgan fingerprint density at radius 2 is 1.95 bits per heavy atom. The molecule has 7 nitrogen and oxygen atoms in total. The summed E-state index contributed by atoms with van der Waals surface area (Å²) >= 11 is 0. The van der Waals surface area contributed by atoms with Crippen LogP contribution in [0.2, 0.25) is 0 Å². The zero-order valence-corrected chi connectivity index (χ0v) is 9.88. The van der Waals surface area contributed by atoms with Crippen LogP contribution >= 0.6 is 10.7 Å². The second-order valence-electron chi connectivity index (χ2n) is 2.84. The fourth-order valence-electron chi connectivity index (χ4n) is 0.983. The summed E-state index contributed by atoms with van der Waals surface area (Å²) in [4.78, 5) is 9.77. The van der Waals surface area contributed by atoms with Crippen LogP contribution in [0.5, 0.6) is 5.75 Å². The van der Waals surface area contributed by atoms with E-state index in [1.165, 1.54) is 0 Å². The normalized spacial score (nSPS) is 12.3. The second-order valence-corrected chi connectivity index (χ2v) is 5.34. The van der Waals surface area contributed by atoms with Crippen molar-refractivity contribution in [1.82, 2.24) is 4.98 Å². The zero-order chi connectivity index (χ0) is 15.0. The van der Waals surface area contributed by atoms with Crippen LogP contribution in [0.15, 0.2) is 11.0 Å². The molecule has 0 saturated heterocycles. The van der Waals surface area contributed by atoms with Crippen LogP contribution in [0.25, 0.3) is 0 Å². The maximum atomic E-state index is 13.2. The van der Waals surface area contributed by atoms with Crippen LogP contribution in [0.1, 0.15) is 0 Å². The molecule has 0 spiro atoms. The summed E-state index contributed by atoms with van der Waals surface area (Å²) in [7, 11) is -0.287. The number of pyridine rings is 1. The molecule has 13 heteroatoms. The first-order valence-electron chi connectivity index (χ1n) is 3.97. The van der Waals surface area contributed by atoms with Crippen molar-refractivity contribution >= 4 is 25.6 Å². The molecular formula is C6HClF4N2O5S. The maximum absolute atomic E-state index is 13.2. The van der Waals surface area contributed by atoms with Crippen molar-refractivity contribution in [3.05, 3.63) is 22.1 Å². The third-order valence-electron chi connectivity index (χ3n) is 1.54. The Morgan fingerprint density at radius 3 is 2.32 bits per heavy atom. The van der Waals surface area contributed by atoms with Crippen LogP contribution in [0.3, 0.4) is 0 Å². The van der Waals surface area contributed by atoms with E-state index in [4.69, 9.17) is 10.7 Å². The standard InChI is InChI=1S/C6HClF4N2O5S/c7-19(16,17)4-2(18-6(9,10)11)1-3(13(14)15)12-5(4)8/h1H. The van der Waals surface area contributed by atoms with E-state index in [1.807, 2.05) is 0 Å². The van der Waals surface area contributed by atoms with E-state index in [0.717, 1.165) is 0 Å². The fraction of sp³-hybridized carbons (Fsp3) is 0.167. The molecule has 1 aromatic heterocycles. The van der Waals surface area contributed by atoms with Crippen molar-refractivity contribution in [2.75, 3.05) is 0 Å². The first-order valence-corrected chi connectivity index (χ1v) is 6.28. The van der Waals surface area contributed by atoms with E-state index in [1.54, 1.807) is 0 Å². The van der Waals surface area contributed by atoms with Gasteiger partial charge in [-0.05, 0) is 9.91 Å². The van der Waals surface area contributed by atoms with Gasteiger partial charge >= 0.3 is 18.1 Å². The van der Waals surface area contributed by atoms with Crippen LogP contribution in [0, 0.1) is 16.1 Å². The highest BCUT2D eigenvalue weighted by Crippen LogP contribution is 2.35. The summed E-state index contributed by atoms with van der Waals surface area (Å²) in [5.74, 6) is -5.13. The van der Waals surface area contributed by atoms with Crippen molar-refractivity contribution in [2.24, 2.45) is 0 Å². The Labute approximate surface area is 106 Å². The summed E-state index contributed by atoms with van der Waals surface area (Å²) in [5, 5.41) is 10.3. The fourth-order valence-corrected chi connectivity index (χ4v) is 1.99. The Bertz CT molecular complexity index is 631. The molecule has 0 saturated carbocycles. The van der Waals surface area contributed by atoms with Crippen LogP contribution in [-0.4, -0.2) is 24.7 Å². The number of halogens is 5. The van der Waals surface area contributed by atoms with Crippen molar-refractivity contribution in [2.45, 2.75) is 11.3 Å². The van der Waals surface area contributed by atoms with Gasteiger partial charge < -0.3 is 14.9 Å². The summed E-state index contributed by atoms with van der Waals surface area (Å²) in [5.41, 5.74) is 0. The first-order chi connectivity index (χ1) is 8.42. The second kappa shape index (κ2) is 4.77. The molecule has 0 aliphatic carbocycles. The van der Waals surface area contributed by atoms with Gasteiger partial charge in [-0.3, -0.25) is 0 Å². The molecule has 0 aromatic carbocycles. The Balaban J connectivity index is 3.59. The average molecular weight is 325 g/mol. The molecular weight excluding hydrogens is 324 g/mol. The van der Waals surface area contributed by atoms with Crippen molar-refractivity contribution < 1.29 is 35.6 Å². The van der Waals surface area contributed by atoms with E-state index in [2.05, 4.69) is 9.72 Å². The van der Waals surface area contributed by atoms with Crippen molar-refractivity contribution in [1.29, 1.82) is 0 Å². The number of hydrogen-bond acceptors (Lipinski definition) is 6. The van der Waals surface area contributed by atoms with E-state index in [0.29, 0.717) is 0 Å². The molecule has 1 aromatic rings. The van der Waals surface area contributed by atoms with Crippen molar-refractivity contribution in [3.8, 4) is 5.75 Å². The van der Waals surface area contributed by atoms with Gasteiger partial charge in [0.05, 0.1) is 6.07 Å². The van der Waals surface area contributed by atoms with Crippen LogP contribution in [0.4, 0.5) is 23.4 Å². The van der Waals surface area contributed by atoms with Crippen LogP contribution in [-0.2, 0) is 9.05 Å². The Hall–Kier alpha value is -1.69. The van der Waals surface area contributed by atoms with Gasteiger partial charge in [-0.25, -0.2) is 8.42 Å². The molecule has 0 fully saturated rings. The van der Waals surface area contributed by atoms with Gasteiger partial charge in [0.1, 0.15) is 0 Å². The number of alkyl halides is 3. The number of ether oxygens (including phenoxy) is 1. The van der Waals surface area contributed by atoms with Gasteiger partial charge in [0.15, 0.2) is 5.75 Å². The average Bonchev–Trinajstić information content (AvgIpc) is 2.10. The summed E-state index contributed by atoms with van der Waals surface area (Å²) in [6.45, 7) is 0. The summed E-state index contributed by atoms with van der Waals surface area (Å²) in [6.07, 6.45) is -5.40. The molecule has 0 atom stereocenters. The molecule has 1 heterocycles. The Morgan fingerprint density at radius 1 is 1.42 bits per heavy atom. The lowest BCUT2D eigenvalue weighted by Gasteiger charge is -2.10. The molecule has 0 unspecified atom stereocenters. The van der Waals surface area contributed by atoms with Crippen molar-refractivity contribution in [3.63, 3.8) is 0 Å². The minimum atomic E-state index is -5.40. The van der Waals surface area contributed by atoms with Crippen LogP contribution < -0.4 is 4.74 Å². The number of nitrogens with zero attached hydrogens (tertiary/aromatic N) is 2. The van der Waals surface area contributed by atoms with Gasteiger partial charge in [-0.15, -0.1) is 13.2 Å². The predicted molar refractivity (Wildman–Crippen MR) is 50.6 cm³/mol. The molecule has 0 aliphatic heterocycles. The summed E-state index contributed by atoms with van der Waals surface area (Å²) < 4.78 is 74.2. The molecule has 0 amide bonds. The molecule has 0 aliphatic rings. The lowest BCUT2D eigenvalue weighted by Crippen LogP contribution is -2.19. The SMILES string of the molecule is O=[N+]([O-])c1cc(OC(F)(F)F)c(S(=O)(=O)Cl)c(F)n1. The molecule has 1 rings (SSSR count). The molecule has 0 N–H and O–H groups in total. The quantitative estimate of drug-likeness (QED) is 0.277.